The van der Waals surface area contributed by atoms with Crippen molar-refractivity contribution in [3.8, 4) is 10.4 Å². The van der Waals surface area contributed by atoms with Crippen LogP contribution in [0.25, 0.3) is 10.4 Å². The molecule has 2 atom stereocenters. The van der Waals surface area contributed by atoms with Gasteiger partial charge in [0.25, 0.3) is 5.91 Å². The zero-order chi connectivity index (χ0) is 25.5. The molecule has 2 heterocycles. The lowest BCUT2D eigenvalue weighted by atomic mass is 10.0. The minimum absolute atomic E-state index is 0.0807. The minimum atomic E-state index is -0.981. The maximum atomic E-state index is 13.8. The van der Waals surface area contributed by atoms with Gasteiger partial charge >= 0.3 is 0 Å². The van der Waals surface area contributed by atoms with Crippen molar-refractivity contribution in [2.45, 2.75) is 38.5 Å². The first kappa shape index (κ1) is 26.2. The number of aliphatic hydroxyl groups is 1. The molecule has 36 heavy (non-hydrogen) atoms. The second-order valence-electron chi connectivity index (χ2n) is 8.61. The number of carbonyl (C=O) groups excluding carboxylic acids is 1. The SMILES string of the molecule is CCc1cccc(CNC[C@H](O)[C@@H](Cc2cc(F)cc(F)c2)NC(=O)c2ccc(-c3ccsc3)s2)c1. The van der Waals surface area contributed by atoms with Crippen LogP contribution < -0.4 is 10.6 Å². The number of aliphatic hydroxyl groups excluding tert-OH is 1. The molecule has 0 aliphatic heterocycles. The number of benzene rings is 2. The van der Waals surface area contributed by atoms with Gasteiger partial charge in [-0.2, -0.15) is 11.3 Å². The van der Waals surface area contributed by atoms with Gasteiger partial charge in [-0.3, -0.25) is 4.79 Å². The van der Waals surface area contributed by atoms with E-state index in [1.165, 1.54) is 29.0 Å². The normalized spacial score (nSPS) is 12.9. The predicted molar refractivity (Wildman–Crippen MR) is 142 cm³/mol. The van der Waals surface area contributed by atoms with E-state index in [4.69, 9.17) is 0 Å². The average Bonchev–Trinajstić information content (AvgIpc) is 3.55. The predicted octanol–water partition coefficient (Wildman–Crippen LogP) is 5.81. The summed E-state index contributed by atoms with van der Waals surface area (Å²) in [7, 11) is 0. The number of hydrogen-bond acceptors (Lipinski definition) is 5. The van der Waals surface area contributed by atoms with E-state index in [0.717, 1.165) is 28.5 Å². The zero-order valence-corrected chi connectivity index (χ0v) is 21.5. The Kier molecular flexibility index (Phi) is 8.98. The van der Waals surface area contributed by atoms with Gasteiger partial charge in [0.2, 0.25) is 0 Å². The van der Waals surface area contributed by atoms with Gasteiger partial charge in [-0.1, -0.05) is 31.2 Å². The van der Waals surface area contributed by atoms with Gasteiger partial charge in [0.05, 0.1) is 17.0 Å². The van der Waals surface area contributed by atoms with E-state index in [2.05, 4.69) is 29.7 Å². The number of thiophene rings is 2. The number of carbonyl (C=O) groups is 1. The molecule has 4 rings (SSSR count). The number of halogens is 2. The van der Waals surface area contributed by atoms with Crippen molar-refractivity contribution in [2.75, 3.05) is 6.54 Å². The standard InChI is InChI=1S/C28H28F2N2O2S2/c1-2-18-4-3-5-19(10-18)15-31-16-25(33)24(13-20-11-22(29)14-23(30)12-20)32-28(34)27-7-6-26(36-27)21-8-9-35-17-21/h3-12,14,17,24-25,31,33H,2,13,15-16H2,1H3,(H,32,34)/t24-,25+/m1/s1. The second kappa shape index (κ2) is 12.4. The Morgan fingerprint density at radius 1 is 1.00 bits per heavy atom. The Bertz CT molecular complexity index is 1270. The molecule has 0 fully saturated rings. The van der Waals surface area contributed by atoms with E-state index in [9.17, 15) is 18.7 Å². The first-order valence-corrected chi connectivity index (χ1v) is 13.5. The van der Waals surface area contributed by atoms with Crippen LogP contribution in [0, 0.1) is 11.6 Å². The molecule has 0 radical (unpaired) electrons. The fourth-order valence-corrected chi connectivity index (χ4v) is 5.63. The molecule has 1 amide bonds. The molecule has 0 aliphatic carbocycles. The van der Waals surface area contributed by atoms with Crippen LogP contribution in [-0.2, 0) is 19.4 Å². The first-order valence-electron chi connectivity index (χ1n) is 11.8. The average molecular weight is 527 g/mol. The number of amides is 1. The van der Waals surface area contributed by atoms with Crippen LogP contribution in [0.1, 0.15) is 33.3 Å². The molecule has 2 aromatic heterocycles. The summed E-state index contributed by atoms with van der Waals surface area (Å²) in [4.78, 5) is 14.5. The summed E-state index contributed by atoms with van der Waals surface area (Å²) in [6, 6.07) is 16.3. The lowest BCUT2D eigenvalue weighted by molar-refractivity contribution is 0.0833. The molecule has 4 nitrogen and oxygen atoms in total. The third kappa shape index (κ3) is 7.07. The Hall–Kier alpha value is -2.91. The Balaban J connectivity index is 1.45. The maximum Gasteiger partial charge on any atom is 0.261 e. The molecule has 0 unspecified atom stereocenters. The smallest absolute Gasteiger partial charge is 0.261 e. The molecule has 0 saturated carbocycles. The summed E-state index contributed by atoms with van der Waals surface area (Å²) in [5, 5.41) is 21.1. The van der Waals surface area contributed by atoms with E-state index in [-0.39, 0.29) is 18.9 Å². The second-order valence-corrected chi connectivity index (χ2v) is 10.5. The van der Waals surface area contributed by atoms with Crippen LogP contribution in [0.5, 0.6) is 0 Å². The number of nitrogens with one attached hydrogen (secondary N) is 2. The van der Waals surface area contributed by atoms with Gasteiger partial charge < -0.3 is 15.7 Å². The fourth-order valence-electron chi connectivity index (χ4n) is 3.99. The highest BCUT2D eigenvalue weighted by Gasteiger charge is 2.24. The van der Waals surface area contributed by atoms with Gasteiger partial charge in [0.1, 0.15) is 11.6 Å². The third-order valence-corrected chi connectivity index (χ3v) is 7.69. The van der Waals surface area contributed by atoms with Gasteiger partial charge in [0.15, 0.2) is 0 Å². The van der Waals surface area contributed by atoms with Crippen LogP contribution in [-0.4, -0.2) is 29.7 Å². The van der Waals surface area contributed by atoms with Crippen LogP contribution in [0.4, 0.5) is 8.78 Å². The van der Waals surface area contributed by atoms with Crippen molar-refractivity contribution in [1.29, 1.82) is 0 Å². The summed E-state index contributed by atoms with van der Waals surface area (Å²) in [5.41, 5.74) is 3.73. The van der Waals surface area contributed by atoms with Gasteiger partial charge in [-0.25, -0.2) is 8.78 Å². The van der Waals surface area contributed by atoms with Crippen molar-refractivity contribution >= 4 is 28.6 Å². The minimum Gasteiger partial charge on any atom is -0.390 e. The Labute approximate surface area is 217 Å². The summed E-state index contributed by atoms with van der Waals surface area (Å²) in [6.45, 7) is 2.84. The van der Waals surface area contributed by atoms with Gasteiger partial charge in [-0.15, -0.1) is 11.3 Å². The van der Waals surface area contributed by atoms with Crippen LogP contribution in [0.3, 0.4) is 0 Å². The number of rotatable bonds is 11. The van der Waals surface area contributed by atoms with Gasteiger partial charge in [-0.05, 0) is 70.6 Å². The lowest BCUT2D eigenvalue weighted by Crippen LogP contribution is -2.48. The van der Waals surface area contributed by atoms with Crippen LogP contribution in [0.15, 0.2) is 71.4 Å². The zero-order valence-electron chi connectivity index (χ0n) is 19.8. The topological polar surface area (TPSA) is 61.4 Å². The highest BCUT2D eigenvalue weighted by Crippen LogP contribution is 2.29. The highest BCUT2D eigenvalue weighted by molar-refractivity contribution is 7.17. The maximum absolute atomic E-state index is 13.8. The van der Waals surface area contributed by atoms with E-state index < -0.39 is 23.8 Å². The van der Waals surface area contributed by atoms with Crippen molar-refractivity contribution in [2.24, 2.45) is 0 Å². The summed E-state index contributed by atoms with van der Waals surface area (Å²) >= 11 is 2.94. The lowest BCUT2D eigenvalue weighted by Gasteiger charge is -2.25. The molecule has 0 saturated heterocycles. The van der Waals surface area contributed by atoms with E-state index in [1.54, 1.807) is 17.4 Å². The summed E-state index contributed by atoms with van der Waals surface area (Å²) < 4.78 is 27.6. The van der Waals surface area contributed by atoms with Crippen molar-refractivity contribution < 1.29 is 18.7 Å². The van der Waals surface area contributed by atoms with E-state index in [1.807, 2.05) is 35.0 Å². The molecular weight excluding hydrogens is 498 g/mol. The number of aryl methyl sites for hydroxylation is 1. The van der Waals surface area contributed by atoms with Crippen molar-refractivity contribution in [3.05, 3.63) is 105 Å². The quantitative estimate of drug-likeness (QED) is 0.231. The number of hydrogen-bond donors (Lipinski definition) is 3. The van der Waals surface area contributed by atoms with Crippen LogP contribution >= 0.6 is 22.7 Å². The van der Waals surface area contributed by atoms with E-state index >= 15 is 0 Å². The molecule has 4 aromatic rings. The molecule has 3 N–H and O–H groups in total. The fraction of sp³-hybridized carbons (Fsp3) is 0.250. The molecular formula is C28H28F2N2O2S2. The largest absolute Gasteiger partial charge is 0.390 e. The molecule has 0 aliphatic rings. The van der Waals surface area contributed by atoms with E-state index in [0.29, 0.717) is 17.0 Å². The van der Waals surface area contributed by atoms with Crippen LogP contribution in [0.2, 0.25) is 0 Å². The molecule has 8 heteroatoms. The molecule has 2 aromatic carbocycles. The Morgan fingerprint density at radius 3 is 2.50 bits per heavy atom. The molecule has 0 bridgehead atoms. The monoisotopic (exact) mass is 526 g/mol. The molecule has 188 valence electrons. The van der Waals surface area contributed by atoms with Crippen molar-refractivity contribution in [3.63, 3.8) is 0 Å². The van der Waals surface area contributed by atoms with Crippen molar-refractivity contribution in [1.82, 2.24) is 10.6 Å². The van der Waals surface area contributed by atoms with Gasteiger partial charge in [0, 0.05) is 29.6 Å². The molecule has 0 spiro atoms. The summed E-state index contributed by atoms with van der Waals surface area (Å²) in [6.07, 6.45) is 0.0362. The highest BCUT2D eigenvalue weighted by atomic mass is 32.1. The first-order chi connectivity index (χ1) is 17.4. The Morgan fingerprint density at radius 2 is 1.78 bits per heavy atom. The summed E-state index contributed by atoms with van der Waals surface area (Å²) in [5.74, 6) is -1.73. The third-order valence-electron chi connectivity index (χ3n) is 5.88.